The van der Waals surface area contributed by atoms with Crippen molar-refractivity contribution in [1.82, 2.24) is 9.88 Å². The van der Waals surface area contributed by atoms with Crippen LogP contribution in [0.5, 0.6) is 0 Å². The van der Waals surface area contributed by atoms with Gasteiger partial charge in [-0.1, -0.05) is 11.6 Å². The van der Waals surface area contributed by atoms with Gasteiger partial charge in [0, 0.05) is 19.3 Å². The molecule has 1 aliphatic heterocycles. The fourth-order valence-corrected chi connectivity index (χ4v) is 2.40. The number of piperidine rings is 1. The van der Waals surface area contributed by atoms with Crippen LogP contribution in [0.25, 0.3) is 0 Å². The van der Waals surface area contributed by atoms with Gasteiger partial charge >= 0.3 is 5.97 Å². The highest BCUT2D eigenvalue weighted by atomic mass is 35.5. The molecule has 1 aromatic heterocycles. The third kappa shape index (κ3) is 3.41. The first-order valence-corrected chi connectivity index (χ1v) is 6.08. The number of carbonyl (C=O) groups is 1. The van der Waals surface area contributed by atoms with Gasteiger partial charge in [-0.05, 0) is 37.1 Å². The molecule has 0 aliphatic carbocycles. The van der Waals surface area contributed by atoms with Gasteiger partial charge in [-0.25, -0.2) is 4.98 Å². The molecule has 0 aromatic carbocycles. The van der Waals surface area contributed by atoms with Gasteiger partial charge in [-0.15, -0.1) is 0 Å². The number of likely N-dealkylation sites (tertiary alicyclic amines) is 1. The number of hydrogen-bond donors (Lipinski definition) is 1. The quantitative estimate of drug-likeness (QED) is 0.839. The van der Waals surface area contributed by atoms with Crippen LogP contribution >= 0.6 is 11.6 Å². The molecule has 5 heteroatoms. The SMILES string of the molecule is O=C(O)[C@H]1CCCN(Cc2ccnc(Cl)c2)C1. The lowest BCUT2D eigenvalue weighted by Crippen LogP contribution is -2.38. The Morgan fingerprint density at radius 3 is 3.18 bits per heavy atom. The Morgan fingerprint density at radius 2 is 2.47 bits per heavy atom. The first-order chi connectivity index (χ1) is 8.15. The predicted molar refractivity (Wildman–Crippen MR) is 64.9 cm³/mol. The maximum absolute atomic E-state index is 10.9. The highest BCUT2D eigenvalue weighted by molar-refractivity contribution is 6.29. The summed E-state index contributed by atoms with van der Waals surface area (Å²) in [6, 6.07) is 3.74. The van der Waals surface area contributed by atoms with Crippen molar-refractivity contribution in [2.75, 3.05) is 13.1 Å². The fraction of sp³-hybridized carbons (Fsp3) is 0.500. The summed E-state index contributed by atoms with van der Waals surface area (Å²) in [5, 5.41) is 9.49. The number of aliphatic carboxylic acids is 1. The molecule has 4 nitrogen and oxygen atoms in total. The number of pyridine rings is 1. The van der Waals surface area contributed by atoms with E-state index in [1.54, 1.807) is 6.20 Å². The standard InChI is InChI=1S/C12H15ClN2O2/c13-11-6-9(3-4-14-11)7-15-5-1-2-10(8-15)12(16)17/h3-4,6,10H,1-2,5,7-8H2,(H,16,17)/t10-/m0/s1. The molecule has 2 rings (SSSR count). The lowest BCUT2D eigenvalue weighted by Gasteiger charge is -2.30. The number of carboxylic acid groups (broad SMARTS) is 1. The minimum absolute atomic E-state index is 0.235. The molecule has 1 aromatic rings. The third-order valence-corrected chi connectivity index (χ3v) is 3.26. The highest BCUT2D eigenvalue weighted by Crippen LogP contribution is 2.19. The van der Waals surface area contributed by atoms with Crippen LogP contribution in [0.4, 0.5) is 0 Å². The van der Waals surface area contributed by atoms with Crippen LogP contribution in [0.2, 0.25) is 5.15 Å². The molecule has 0 radical (unpaired) electrons. The lowest BCUT2D eigenvalue weighted by atomic mass is 9.98. The number of aromatic nitrogens is 1. The summed E-state index contributed by atoms with van der Waals surface area (Å²) in [6.07, 6.45) is 3.40. The van der Waals surface area contributed by atoms with Crippen molar-refractivity contribution in [3.8, 4) is 0 Å². The smallest absolute Gasteiger partial charge is 0.307 e. The topological polar surface area (TPSA) is 53.4 Å². The van der Waals surface area contributed by atoms with E-state index < -0.39 is 5.97 Å². The van der Waals surface area contributed by atoms with Crippen LogP contribution in [0.15, 0.2) is 18.3 Å². The van der Waals surface area contributed by atoms with E-state index in [1.807, 2.05) is 12.1 Å². The number of halogens is 1. The van der Waals surface area contributed by atoms with E-state index in [-0.39, 0.29) is 5.92 Å². The summed E-state index contributed by atoms with van der Waals surface area (Å²) in [6.45, 7) is 2.31. The van der Waals surface area contributed by atoms with Gasteiger partial charge in [0.15, 0.2) is 0 Å². The van der Waals surface area contributed by atoms with Crippen molar-refractivity contribution < 1.29 is 9.90 Å². The Kier molecular flexibility index (Phi) is 3.97. The molecule has 92 valence electrons. The molecule has 1 atom stereocenters. The molecule has 0 saturated carbocycles. The summed E-state index contributed by atoms with van der Waals surface area (Å²) in [5.41, 5.74) is 1.08. The Balaban J connectivity index is 1.97. The van der Waals surface area contributed by atoms with E-state index >= 15 is 0 Å². The lowest BCUT2D eigenvalue weighted by molar-refractivity contribution is -0.143. The average Bonchev–Trinajstić information content (AvgIpc) is 2.29. The molecule has 0 unspecified atom stereocenters. The van der Waals surface area contributed by atoms with Crippen molar-refractivity contribution in [3.63, 3.8) is 0 Å². The van der Waals surface area contributed by atoms with Crippen LogP contribution in [0.3, 0.4) is 0 Å². The second-order valence-electron chi connectivity index (χ2n) is 4.40. The predicted octanol–water partition coefficient (Wildman–Crippen LogP) is 2.03. The highest BCUT2D eigenvalue weighted by Gasteiger charge is 2.25. The Bertz CT molecular complexity index is 411. The molecule has 1 fully saturated rings. The number of nitrogens with zero attached hydrogens (tertiary/aromatic N) is 2. The third-order valence-electron chi connectivity index (χ3n) is 3.05. The molecule has 1 aliphatic rings. The summed E-state index contributed by atoms with van der Waals surface area (Å²) >= 11 is 5.82. The van der Waals surface area contributed by atoms with Gasteiger partial charge in [-0.2, -0.15) is 0 Å². The number of rotatable bonds is 3. The van der Waals surface area contributed by atoms with Crippen LogP contribution < -0.4 is 0 Å². The molecular formula is C12H15ClN2O2. The second-order valence-corrected chi connectivity index (χ2v) is 4.79. The van der Waals surface area contributed by atoms with Crippen molar-refractivity contribution >= 4 is 17.6 Å². The molecule has 0 spiro atoms. The molecular weight excluding hydrogens is 240 g/mol. The van der Waals surface area contributed by atoms with Crippen LogP contribution in [-0.4, -0.2) is 34.0 Å². The van der Waals surface area contributed by atoms with Gasteiger partial charge in [0.05, 0.1) is 5.92 Å². The first-order valence-electron chi connectivity index (χ1n) is 5.71. The van der Waals surface area contributed by atoms with Crippen LogP contribution in [0, 0.1) is 5.92 Å². The Hall–Kier alpha value is -1.13. The summed E-state index contributed by atoms with van der Waals surface area (Å²) in [4.78, 5) is 17.0. The van der Waals surface area contributed by atoms with Crippen molar-refractivity contribution in [2.45, 2.75) is 19.4 Å². The normalized spacial score (nSPS) is 21.4. The zero-order valence-electron chi connectivity index (χ0n) is 9.47. The van der Waals surface area contributed by atoms with Crippen LogP contribution in [-0.2, 0) is 11.3 Å². The van der Waals surface area contributed by atoms with E-state index in [0.29, 0.717) is 11.7 Å². The Labute approximate surface area is 105 Å². The second kappa shape index (κ2) is 5.47. The summed E-state index contributed by atoms with van der Waals surface area (Å²) in [7, 11) is 0. The first kappa shape index (κ1) is 12.3. The molecule has 1 saturated heterocycles. The van der Waals surface area contributed by atoms with Gasteiger partial charge in [-0.3, -0.25) is 9.69 Å². The zero-order valence-corrected chi connectivity index (χ0v) is 10.2. The molecule has 1 N–H and O–H groups in total. The molecule has 17 heavy (non-hydrogen) atoms. The minimum atomic E-state index is -0.692. The van der Waals surface area contributed by atoms with Gasteiger partial charge in [0.2, 0.25) is 0 Å². The molecule has 0 bridgehead atoms. The number of hydrogen-bond acceptors (Lipinski definition) is 3. The van der Waals surface area contributed by atoms with E-state index in [0.717, 1.165) is 31.5 Å². The zero-order chi connectivity index (χ0) is 12.3. The van der Waals surface area contributed by atoms with E-state index in [1.165, 1.54) is 0 Å². The van der Waals surface area contributed by atoms with Crippen molar-refractivity contribution in [3.05, 3.63) is 29.0 Å². The van der Waals surface area contributed by atoms with E-state index in [2.05, 4.69) is 9.88 Å². The fourth-order valence-electron chi connectivity index (χ4n) is 2.20. The average molecular weight is 255 g/mol. The van der Waals surface area contributed by atoms with Gasteiger partial charge in [0.1, 0.15) is 5.15 Å². The Morgan fingerprint density at radius 1 is 1.65 bits per heavy atom. The van der Waals surface area contributed by atoms with Crippen molar-refractivity contribution in [2.24, 2.45) is 5.92 Å². The summed E-state index contributed by atoms with van der Waals surface area (Å²) < 4.78 is 0. The minimum Gasteiger partial charge on any atom is -0.481 e. The monoisotopic (exact) mass is 254 g/mol. The van der Waals surface area contributed by atoms with E-state index in [9.17, 15) is 4.79 Å². The molecule has 0 amide bonds. The van der Waals surface area contributed by atoms with Gasteiger partial charge in [0.25, 0.3) is 0 Å². The maximum atomic E-state index is 10.9. The molecule has 2 heterocycles. The largest absolute Gasteiger partial charge is 0.481 e. The van der Waals surface area contributed by atoms with Gasteiger partial charge < -0.3 is 5.11 Å². The van der Waals surface area contributed by atoms with E-state index in [4.69, 9.17) is 16.7 Å². The number of carboxylic acids is 1. The van der Waals surface area contributed by atoms with Crippen molar-refractivity contribution in [1.29, 1.82) is 0 Å². The maximum Gasteiger partial charge on any atom is 0.307 e. The summed E-state index contributed by atoms with van der Waals surface area (Å²) in [5.74, 6) is -0.927. The van der Waals surface area contributed by atoms with Crippen LogP contribution in [0.1, 0.15) is 18.4 Å².